The molecule has 0 saturated carbocycles. The molecule has 8 nitrogen and oxygen atoms in total. The number of methoxy groups -OCH3 is 2. The van der Waals surface area contributed by atoms with E-state index in [2.05, 4.69) is 20.9 Å². The Morgan fingerprint density at radius 3 is 2.64 bits per heavy atom. The summed E-state index contributed by atoms with van der Waals surface area (Å²) in [5.41, 5.74) is 0.607. The number of carbonyl (C=O) groups is 1. The number of rotatable bonds is 5. The van der Waals surface area contributed by atoms with Gasteiger partial charge in [0.15, 0.2) is 17.2 Å². The number of nitro benzene ring substituents is 1. The second kappa shape index (κ2) is 7.99. The highest BCUT2D eigenvalue weighted by molar-refractivity contribution is 9.10. The van der Waals surface area contributed by atoms with Gasteiger partial charge in [-0.15, -0.1) is 0 Å². The zero-order valence-electron chi connectivity index (χ0n) is 14.6. The predicted molar refractivity (Wildman–Crippen MR) is 106 cm³/mol. The Hall–Kier alpha value is -2.91. The Balaban J connectivity index is 2.00. The molecule has 0 amide bonds. The third-order valence-corrected chi connectivity index (χ3v) is 4.68. The number of halogens is 2. The maximum Gasteiger partial charge on any atom is 0.363 e. The van der Waals surface area contributed by atoms with Gasteiger partial charge in [-0.3, -0.25) is 10.1 Å². The van der Waals surface area contributed by atoms with Gasteiger partial charge in [0.05, 0.1) is 23.6 Å². The molecule has 0 atom stereocenters. The minimum Gasteiger partial charge on any atom is -0.493 e. The van der Waals surface area contributed by atoms with Crippen LogP contribution >= 0.6 is 27.5 Å². The molecule has 0 spiro atoms. The molecular weight excluding hydrogens is 456 g/mol. The quantitative estimate of drug-likeness (QED) is 0.280. The van der Waals surface area contributed by atoms with Crippen LogP contribution in [0.5, 0.6) is 11.5 Å². The summed E-state index contributed by atoms with van der Waals surface area (Å²) in [4.78, 5) is 26.7. The Labute approximate surface area is 172 Å². The minimum absolute atomic E-state index is 0.0235. The molecule has 2 aromatic carbocycles. The van der Waals surface area contributed by atoms with Crippen molar-refractivity contribution in [2.24, 2.45) is 4.99 Å². The van der Waals surface area contributed by atoms with Crippen molar-refractivity contribution in [1.82, 2.24) is 0 Å². The average Bonchev–Trinajstić information content (AvgIpc) is 3.01. The number of nitro groups is 1. The normalized spacial score (nSPS) is 14.6. The molecule has 0 aromatic heterocycles. The molecule has 0 N–H and O–H groups in total. The highest BCUT2D eigenvalue weighted by Crippen LogP contribution is 2.37. The van der Waals surface area contributed by atoms with Crippen LogP contribution in [0.3, 0.4) is 0 Å². The van der Waals surface area contributed by atoms with Gasteiger partial charge in [0, 0.05) is 11.6 Å². The fourth-order valence-electron chi connectivity index (χ4n) is 2.50. The SMILES string of the molecule is COc1cc(/C=C2\N=C(c3ccc(Cl)c([N+](=O)[O-])c3)OC2=O)cc(Br)c1OC. The standard InChI is InChI=1S/C18H12BrClN2O6/c1-26-15-7-9(5-11(19)16(15)27-2)6-13-18(23)28-17(21-13)10-3-4-12(20)14(8-10)22(24)25/h3-8H,1-2H3/b13-6-. The zero-order chi connectivity index (χ0) is 20.4. The smallest absolute Gasteiger partial charge is 0.363 e. The van der Waals surface area contributed by atoms with Crippen LogP contribution in [0.1, 0.15) is 11.1 Å². The molecule has 0 unspecified atom stereocenters. The molecular formula is C18H12BrClN2O6. The average molecular weight is 468 g/mol. The second-order valence-electron chi connectivity index (χ2n) is 5.50. The van der Waals surface area contributed by atoms with E-state index in [4.69, 9.17) is 25.8 Å². The van der Waals surface area contributed by atoms with Crippen LogP contribution in [0, 0.1) is 10.1 Å². The largest absolute Gasteiger partial charge is 0.493 e. The van der Waals surface area contributed by atoms with Crippen LogP contribution in [-0.4, -0.2) is 31.0 Å². The fraction of sp³-hybridized carbons (Fsp3) is 0.111. The highest BCUT2D eigenvalue weighted by atomic mass is 79.9. The van der Waals surface area contributed by atoms with Crippen molar-refractivity contribution in [1.29, 1.82) is 0 Å². The summed E-state index contributed by atoms with van der Waals surface area (Å²) in [7, 11) is 3.01. The van der Waals surface area contributed by atoms with Gasteiger partial charge in [0.25, 0.3) is 5.69 Å². The molecule has 0 fully saturated rings. The molecule has 2 aromatic rings. The maximum atomic E-state index is 12.2. The van der Waals surface area contributed by atoms with E-state index in [-0.39, 0.29) is 27.9 Å². The lowest BCUT2D eigenvalue weighted by atomic mass is 10.1. The van der Waals surface area contributed by atoms with E-state index in [9.17, 15) is 14.9 Å². The first-order valence-electron chi connectivity index (χ1n) is 7.72. The summed E-state index contributed by atoms with van der Waals surface area (Å²) in [5.74, 6) is 0.248. The summed E-state index contributed by atoms with van der Waals surface area (Å²) in [6.45, 7) is 0. The number of carbonyl (C=O) groups excluding carboxylic acids is 1. The number of nitrogens with zero attached hydrogens (tertiary/aromatic N) is 2. The summed E-state index contributed by atoms with van der Waals surface area (Å²) < 4.78 is 16.3. The van der Waals surface area contributed by atoms with E-state index >= 15 is 0 Å². The summed E-state index contributed by atoms with van der Waals surface area (Å²) in [5, 5.41) is 11.0. The van der Waals surface area contributed by atoms with Crippen molar-refractivity contribution in [3.63, 3.8) is 0 Å². The van der Waals surface area contributed by atoms with E-state index < -0.39 is 10.9 Å². The topological polar surface area (TPSA) is 100 Å². The lowest BCUT2D eigenvalue weighted by Crippen LogP contribution is -2.06. The van der Waals surface area contributed by atoms with Gasteiger partial charge in [0.1, 0.15) is 5.02 Å². The third kappa shape index (κ3) is 3.85. The molecule has 0 bridgehead atoms. The molecule has 0 radical (unpaired) electrons. The molecule has 0 saturated heterocycles. The first-order chi connectivity index (χ1) is 13.3. The van der Waals surface area contributed by atoms with Gasteiger partial charge in [0.2, 0.25) is 5.90 Å². The maximum absolute atomic E-state index is 12.2. The van der Waals surface area contributed by atoms with Crippen LogP contribution in [0.4, 0.5) is 5.69 Å². The Morgan fingerprint density at radius 2 is 2.00 bits per heavy atom. The van der Waals surface area contributed by atoms with Crippen molar-refractivity contribution in [2.45, 2.75) is 0 Å². The molecule has 1 heterocycles. The van der Waals surface area contributed by atoms with Crippen LogP contribution in [-0.2, 0) is 9.53 Å². The van der Waals surface area contributed by atoms with Crippen LogP contribution in [0.2, 0.25) is 5.02 Å². The second-order valence-corrected chi connectivity index (χ2v) is 6.76. The van der Waals surface area contributed by atoms with Crippen molar-refractivity contribution >= 4 is 51.2 Å². The third-order valence-electron chi connectivity index (χ3n) is 3.77. The van der Waals surface area contributed by atoms with E-state index in [1.165, 1.54) is 38.5 Å². The van der Waals surface area contributed by atoms with Crippen molar-refractivity contribution < 1.29 is 23.9 Å². The summed E-state index contributed by atoms with van der Waals surface area (Å²) in [6, 6.07) is 7.42. The van der Waals surface area contributed by atoms with Gasteiger partial charge >= 0.3 is 5.97 Å². The number of aliphatic imine (C=N–C) groups is 1. The number of esters is 1. The van der Waals surface area contributed by atoms with Crippen molar-refractivity contribution in [2.75, 3.05) is 14.2 Å². The monoisotopic (exact) mass is 466 g/mol. The lowest BCUT2D eigenvalue weighted by Gasteiger charge is -2.10. The van der Waals surface area contributed by atoms with Crippen LogP contribution < -0.4 is 9.47 Å². The van der Waals surface area contributed by atoms with E-state index in [1.807, 2.05) is 0 Å². The minimum atomic E-state index is -0.682. The zero-order valence-corrected chi connectivity index (χ0v) is 16.9. The Morgan fingerprint density at radius 1 is 1.25 bits per heavy atom. The fourth-order valence-corrected chi connectivity index (χ4v) is 3.31. The molecule has 10 heteroatoms. The number of hydrogen-bond donors (Lipinski definition) is 0. The van der Waals surface area contributed by atoms with Gasteiger partial charge in [-0.25, -0.2) is 9.79 Å². The lowest BCUT2D eigenvalue weighted by molar-refractivity contribution is -0.384. The Kier molecular flexibility index (Phi) is 5.66. The predicted octanol–water partition coefficient (Wildman–Crippen LogP) is 4.37. The molecule has 1 aliphatic rings. The van der Waals surface area contributed by atoms with E-state index in [0.29, 0.717) is 21.5 Å². The van der Waals surface area contributed by atoms with Gasteiger partial charge in [-0.1, -0.05) is 11.6 Å². The number of hydrogen-bond acceptors (Lipinski definition) is 7. The van der Waals surface area contributed by atoms with Crippen molar-refractivity contribution in [3.8, 4) is 11.5 Å². The van der Waals surface area contributed by atoms with Crippen molar-refractivity contribution in [3.05, 3.63) is 66.8 Å². The number of cyclic esters (lactones) is 1. The van der Waals surface area contributed by atoms with E-state index in [1.54, 1.807) is 12.1 Å². The first kappa shape index (κ1) is 19.8. The van der Waals surface area contributed by atoms with Gasteiger partial charge in [-0.05, 0) is 51.8 Å². The van der Waals surface area contributed by atoms with Gasteiger partial charge in [-0.2, -0.15) is 0 Å². The summed E-state index contributed by atoms with van der Waals surface area (Å²) >= 11 is 9.18. The number of ether oxygens (including phenoxy) is 3. The number of benzene rings is 2. The van der Waals surface area contributed by atoms with E-state index in [0.717, 1.165) is 0 Å². The molecule has 3 rings (SSSR count). The molecule has 28 heavy (non-hydrogen) atoms. The summed E-state index contributed by atoms with van der Waals surface area (Å²) in [6.07, 6.45) is 1.51. The molecule has 0 aliphatic carbocycles. The first-order valence-corrected chi connectivity index (χ1v) is 8.89. The van der Waals surface area contributed by atoms with Crippen LogP contribution in [0.25, 0.3) is 6.08 Å². The molecule has 144 valence electrons. The van der Waals surface area contributed by atoms with Crippen LogP contribution in [0.15, 0.2) is 45.5 Å². The Bertz CT molecular complexity index is 1050. The van der Waals surface area contributed by atoms with Gasteiger partial charge < -0.3 is 14.2 Å². The highest BCUT2D eigenvalue weighted by Gasteiger charge is 2.26. The molecule has 1 aliphatic heterocycles.